The summed E-state index contributed by atoms with van der Waals surface area (Å²) in [6, 6.07) is 7.64. The van der Waals surface area contributed by atoms with Crippen LogP contribution in [0.1, 0.15) is 0 Å². The van der Waals surface area contributed by atoms with Crippen molar-refractivity contribution in [2.24, 2.45) is 0 Å². The third kappa shape index (κ3) is 6.68. The zero-order valence-electron chi connectivity index (χ0n) is 16.4. The van der Waals surface area contributed by atoms with Gasteiger partial charge in [-0.25, -0.2) is 0 Å². The Kier molecular flexibility index (Phi) is 8.59. The Bertz CT molecular complexity index is 491. The van der Waals surface area contributed by atoms with Gasteiger partial charge < -0.3 is 27.8 Å². The smallest absolute Gasteiger partial charge is 0.205 e. The van der Waals surface area contributed by atoms with Crippen LogP contribution >= 0.6 is 0 Å². The Morgan fingerprint density at radius 2 is 0.962 bits per heavy atom. The van der Waals surface area contributed by atoms with E-state index < -0.39 is 15.7 Å². The predicted octanol–water partition coefficient (Wildman–Crippen LogP) is 3.01. The summed E-state index contributed by atoms with van der Waals surface area (Å²) >= 11 is 0. The predicted molar refractivity (Wildman–Crippen MR) is 106 cm³/mol. The second-order valence-electron chi connectivity index (χ2n) is 7.09. The number of fused-ring (bicyclic) bond motifs is 1. The monoisotopic (exact) mass is 400 g/mol. The molecule has 0 aliphatic carbocycles. The molecule has 1 aliphatic rings. The van der Waals surface area contributed by atoms with Crippen LogP contribution < -0.4 is 9.47 Å². The lowest BCUT2D eigenvalue weighted by Gasteiger charge is -2.36. The Balaban J connectivity index is 1.92. The van der Waals surface area contributed by atoms with Crippen molar-refractivity contribution in [2.45, 2.75) is 26.2 Å². The van der Waals surface area contributed by atoms with E-state index in [2.05, 4.69) is 26.2 Å². The molecule has 0 spiro atoms. The summed E-state index contributed by atoms with van der Waals surface area (Å²) in [5.74, 6) is 1.44. The van der Waals surface area contributed by atoms with Crippen molar-refractivity contribution in [3.8, 4) is 11.5 Å². The summed E-state index contributed by atoms with van der Waals surface area (Å²) in [7, 11) is -3.77. The molecule has 8 heteroatoms. The van der Waals surface area contributed by atoms with Crippen molar-refractivity contribution in [1.82, 2.24) is 0 Å². The normalized spacial score (nSPS) is 22.8. The Morgan fingerprint density at radius 3 is 1.38 bits per heavy atom. The maximum absolute atomic E-state index is 6.20. The molecule has 1 aromatic carbocycles. The molecular formula is C18H32O6Si2. The topological polar surface area (TPSA) is 55.4 Å². The maximum Gasteiger partial charge on any atom is 0.205 e. The van der Waals surface area contributed by atoms with Gasteiger partial charge in [-0.2, -0.15) is 0 Å². The molecule has 0 fully saturated rings. The molecule has 1 heterocycles. The summed E-state index contributed by atoms with van der Waals surface area (Å²) in [4.78, 5) is 0. The molecule has 2 rings (SSSR count). The van der Waals surface area contributed by atoms with Gasteiger partial charge in [0.15, 0.2) is 11.5 Å². The SMILES string of the molecule is C[Si]1(C)OCCOCCOc2ccccc2OCCOCCO[Si]1(C)C. The van der Waals surface area contributed by atoms with Gasteiger partial charge in [-0.1, -0.05) is 12.1 Å². The number of benzene rings is 1. The summed E-state index contributed by atoms with van der Waals surface area (Å²) in [6.07, 6.45) is 0. The van der Waals surface area contributed by atoms with Crippen molar-refractivity contribution in [3.05, 3.63) is 24.3 Å². The molecule has 0 radical (unpaired) electrons. The first kappa shape index (κ1) is 21.4. The lowest BCUT2D eigenvalue weighted by molar-refractivity contribution is 0.0652. The fourth-order valence-electron chi connectivity index (χ4n) is 2.37. The molecule has 148 valence electrons. The molecule has 1 aromatic rings. The van der Waals surface area contributed by atoms with Gasteiger partial charge in [0, 0.05) is 0 Å². The standard InChI is InChI=1S/C18H32O6Si2/c1-25(2)23-15-11-19-9-13-21-17-7-5-6-8-18(17)22-14-10-20-12-16-24-26(25,3)4/h5-8H,9-16H2,1-4H3. The van der Waals surface area contributed by atoms with Crippen molar-refractivity contribution in [1.29, 1.82) is 0 Å². The molecule has 0 N–H and O–H groups in total. The molecule has 0 amide bonds. The maximum atomic E-state index is 6.20. The lowest BCUT2D eigenvalue weighted by Crippen LogP contribution is -2.59. The van der Waals surface area contributed by atoms with Gasteiger partial charge in [0.05, 0.1) is 39.6 Å². The first-order valence-electron chi connectivity index (χ1n) is 9.20. The summed E-state index contributed by atoms with van der Waals surface area (Å²) in [6.45, 7) is 13.2. The van der Waals surface area contributed by atoms with Crippen molar-refractivity contribution in [3.63, 3.8) is 0 Å². The van der Waals surface area contributed by atoms with E-state index >= 15 is 0 Å². The highest BCUT2D eigenvalue weighted by Gasteiger charge is 2.45. The van der Waals surface area contributed by atoms with Crippen LogP contribution in [-0.4, -0.2) is 68.5 Å². The summed E-state index contributed by atoms with van der Waals surface area (Å²) < 4.78 is 35.2. The molecule has 0 aromatic heterocycles. The Hall–Kier alpha value is -0.906. The van der Waals surface area contributed by atoms with Crippen LogP contribution in [0.15, 0.2) is 24.3 Å². The van der Waals surface area contributed by atoms with Crippen LogP contribution in [0.3, 0.4) is 0 Å². The van der Waals surface area contributed by atoms with Gasteiger partial charge in [-0.15, -0.1) is 0 Å². The van der Waals surface area contributed by atoms with Gasteiger partial charge >= 0.3 is 0 Å². The molecule has 26 heavy (non-hydrogen) atoms. The molecule has 0 bridgehead atoms. The van der Waals surface area contributed by atoms with E-state index in [0.29, 0.717) is 52.9 Å². The molecule has 0 unspecified atom stereocenters. The van der Waals surface area contributed by atoms with E-state index in [-0.39, 0.29) is 0 Å². The highest BCUT2D eigenvalue weighted by molar-refractivity contribution is 7.35. The van der Waals surface area contributed by atoms with E-state index in [9.17, 15) is 0 Å². The minimum atomic E-state index is -1.89. The highest BCUT2D eigenvalue weighted by Crippen LogP contribution is 2.26. The lowest BCUT2D eigenvalue weighted by atomic mass is 10.3. The molecule has 0 saturated carbocycles. The largest absolute Gasteiger partial charge is 0.487 e. The zero-order chi connectivity index (χ0) is 18.9. The number of para-hydroxylation sites is 2. The van der Waals surface area contributed by atoms with E-state index in [1.54, 1.807) is 0 Å². The fourth-order valence-corrected chi connectivity index (χ4v) is 6.95. The number of rotatable bonds is 0. The minimum Gasteiger partial charge on any atom is -0.487 e. The zero-order valence-corrected chi connectivity index (χ0v) is 18.4. The third-order valence-electron chi connectivity index (χ3n) is 4.65. The average Bonchev–Trinajstić information content (AvgIpc) is 2.60. The summed E-state index contributed by atoms with van der Waals surface area (Å²) in [5.41, 5.74) is 0. The van der Waals surface area contributed by atoms with E-state index in [4.69, 9.17) is 27.8 Å². The van der Waals surface area contributed by atoms with E-state index in [1.807, 2.05) is 24.3 Å². The van der Waals surface area contributed by atoms with Gasteiger partial charge in [-0.05, 0) is 38.3 Å². The molecule has 1 aliphatic heterocycles. The quantitative estimate of drug-likeness (QED) is 0.624. The fraction of sp³-hybridized carbons (Fsp3) is 0.667. The summed E-state index contributed by atoms with van der Waals surface area (Å²) in [5, 5.41) is 0. The first-order chi connectivity index (χ1) is 12.4. The van der Waals surface area contributed by atoms with E-state index in [1.165, 1.54) is 0 Å². The minimum absolute atomic E-state index is 0.473. The van der Waals surface area contributed by atoms with Gasteiger partial charge in [0.2, 0.25) is 15.7 Å². The molecule has 0 atom stereocenters. The van der Waals surface area contributed by atoms with E-state index in [0.717, 1.165) is 11.5 Å². The number of ether oxygens (including phenoxy) is 4. The second kappa shape index (κ2) is 10.4. The third-order valence-corrected chi connectivity index (χ3v) is 19.0. The van der Waals surface area contributed by atoms with Crippen LogP contribution in [0.25, 0.3) is 0 Å². The average molecular weight is 401 g/mol. The Labute approximate surface area is 158 Å². The van der Waals surface area contributed by atoms with Gasteiger partial charge in [-0.3, -0.25) is 0 Å². The molecular weight excluding hydrogens is 368 g/mol. The molecule has 6 nitrogen and oxygen atoms in total. The van der Waals surface area contributed by atoms with Crippen molar-refractivity contribution in [2.75, 3.05) is 52.9 Å². The van der Waals surface area contributed by atoms with Crippen LogP contribution in [0.2, 0.25) is 26.2 Å². The highest BCUT2D eigenvalue weighted by atomic mass is 29.3. The van der Waals surface area contributed by atoms with Gasteiger partial charge in [0.25, 0.3) is 0 Å². The second-order valence-corrected chi connectivity index (χ2v) is 20.9. The number of hydrogen-bond donors (Lipinski definition) is 0. The molecule has 0 saturated heterocycles. The van der Waals surface area contributed by atoms with Crippen LogP contribution in [0.4, 0.5) is 0 Å². The van der Waals surface area contributed by atoms with Crippen LogP contribution in [0, 0.1) is 0 Å². The van der Waals surface area contributed by atoms with Crippen molar-refractivity contribution >= 4 is 15.7 Å². The van der Waals surface area contributed by atoms with Crippen molar-refractivity contribution < 1.29 is 27.8 Å². The number of hydrogen-bond acceptors (Lipinski definition) is 6. The van der Waals surface area contributed by atoms with Gasteiger partial charge in [0.1, 0.15) is 13.2 Å². The van der Waals surface area contributed by atoms with Crippen LogP contribution in [0.5, 0.6) is 11.5 Å². The first-order valence-corrected chi connectivity index (χ1v) is 16.0. The van der Waals surface area contributed by atoms with Crippen LogP contribution in [-0.2, 0) is 18.3 Å². The Morgan fingerprint density at radius 1 is 0.577 bits per heavy atom.